The molecule has 4 rings (SSSR count). The van der Waals surface area contributed by atoms with Gasteiger partial charge in [-0.15, -0.1) is 0 Å². The second kappa shape index (κ2) is 7.35. The van der Waals surface area contributed by atoms with Crippen LogP contribution >= 0.6 is 11.6 Å². The molecule has 0 spiro atoms. The molecule has 2 aromatic carbocycles. The molecule has 134 valence electrons. The van der Waals surface area contributed by atoms with E-state index in [1.54, 1.807) is 12.4 Å². The van der Waals surface area contributed by atoms with Crippen molar-refractivity contribution in [2.75, 3.05) is 0 Å². The SMILES string of the molecule is Cc1c(-c2ccc(Cl)cc2)c(-c2ccncc2)nn1-c1ccccc1CO. The van der Waals surface area contributed by atoms with Crippen LogP contribution in [0.2, 0.25) is 5.02 Å². The summed E-state index contributed by atoms with van der Waals surface area (Å²) >= 11 is 6.08. The van der Waals surface area contributed by atoms with Gasteiger partial charge in [-0.25, -0.2) is 4.68 Å². The van der Waals surface area contributed by atoms with Gasteiger partial charge >= 0.3 is 0 Å². The van der Waals surface area contributed by atoms with Crippen LogP contribution in [0.25, 0.3) is 28.1 Å². The first-order chi connectivity index (χ1) is 13.2. The molecule has 0 aliphatic heterocycles. The van der Waals surface area contributed by atoms with Gasteiger partial charge in [0, 0.05) is 39.8 Å². The zero-order chi connectivity index (χ0) is 18.8. The molecule has 2 aromatic heterocycles. The Balaban J connectivity index is 1.99. The van der Waals surface area contributed by atoms with Crippen LogP contribution in [0.1, 0.15) is 11.3 Å². The maximum Gasteiger partial charge on any atom is 0.101 e. The Morgan fingerprint density at radius 3 is 2.33 bits per heavy atom. The minimum atomic E-state index is -0.0453. The molecule has 0 radical (unpaired) electrons. The third-order valence-corrected chi connectivity index (χ3v) is 4.85. The van der Waals surface area contributed by atoms with E-state index in [2.05, 4.69) is 4.98 Å². The van der Waals surface area contributed by atoms with Gasteiger partial charge in [0.1, 0.15) is 5.69 Å². The Hall–Kier alpha value is -2.95. The van der Waals surface area contributed by atoms with Crippen molar-refractivity contribution in [3.8, 4) is 28.1 Å². The smallest absolute Gasteiger partial charge is 0.101 e. The average Bonchev–Trinajstić information content (AvgIpc) is 3.06. The van der Waals surface area contributed by atoms with Crippen LogP contribution in [0.3, 0.4) is 0 Å². The number of hydrogen-bond acceptors (Lipinski definition) is 3. The summed E-state index contributed by atoms with van der Waals surface area (Å²) in [5.41, 5.74) is 6.61. The normalized spacial score (nSPS) is 10.9. The van der Waals surface area contributed by atoms with Gasteiger partial charge in [-0.2, -0.15) is 5.10 Å². The lowest BCUT2D eigenvalue weighted by Gasteiger charge is -2.09. The van der Waals surface area contributed by atoms with E-state index in [4.69, 9.17) is 16.7 Å². The Morgan fingerprint density at radius 1 is 0.926 bits per heavy atom. The monoisotopic (exact) mass is 375 g/mol. The van der Waals surface area contributed by atoms with Gasteiger partial charge in [0.25, 0.3) is 0 Å². The summed E-state index contributed by atoms with van der Waals surface area (Å²) in [5, 5.41) is 15.3. The van der Waals surface area contributed by atoms with Crippen molar-refractivity contribution in [3.05, 3.63) is 89.3 Å². The molecular weight excluding hydrogens is 358 g/mol. The van der Waals surface area contributed by atoms with Crippen LogP contribution in [-0.2, 0) is 6.61 Å². The topological polar surface area (TPSA) is 50.9 Å². The first-order valence-electron chi connectivity index (χ1n) is 8.64. The number of halogens is 1. The molecular formula is C22H18ClN3O. The second-order valence-electron chi connectivity index (χ2n) is 6.25. The first-order valence-corrected chi connectivity index (χ1v) is 9.02. The van der Waals surface area contributed by atoms with Crippen LogP contribution in [0.5, 0.6) is 0 Å². The van der Waals surface area contributed by atoms with Crippen LogP contribution in [0.15, 0.2) is 73.1 Å². The predicted octanol–water partition coefficient (Wildman–Crippen LogP) is 5.06. The molecule has 0 saturated heterocycles. The number of para-hydroxylation sites is 1. The van der Waals surface area contributed by atoms with E-state index in [9.17, 15) is 5.11 Å². The summed E-state index contributed by atoms with van der Waals surface area (Å²) in [6.45, 7) is 1.99. The molecule has 0 aliphatic rings. The molecule has 4 nitrogen and oxygen atoms in total. The zero-order valence-electron chi connectivity index (χ0n) is 14.8. The standard InChI is InChI=1S/C22H18ClN3O/c1-15-21(16-6-8-19(23)9-7-16)22(17-10-12-24-13-11-17)25-26(15)20-5-3-2-4-18(20)14-27/h2-13,27H,14H2,1H3. The van der Waals surface area contributed by atoms with Gasteiger partial charge in [-0.3, -0.25) is 4.98 Å². The molecule has 0 amide bonds. The number of aromatic nitrogens is 3. The predicted molar refractivity (Wildman–Crippen MR) is 108 cm³/mol. The highest BCUT2D eigenvalue weighted by Gasteiger charge is 2.20. The van der Waals surface area contributed by atoms with Gasteiger partial charge in [0.2, 0.25) is 0 Å². The maximum atomic E-state index is 9.75. The third kappa shape index (κ3) is 3.25. The minimum absolute atomic E-state index is 0.0453. The lowest BCUT2D eigenvalue weighted by Crippen LogP contribution is -2.03. The number of rotatable bonds is 4. The fourth-order valence-corrected chi connectivity index (χ4v) is 3.39. The van der Waals surface area contributed by atoms with E-state index in [0.717, 1.165) is 39.3 Å². The lowest BCUT2D eigenvalue weighted by atomic mass is 10.00. The van der Waals surface area contributed by atoms with E-state index in [-0.39, 0.29) is 6.61 Å². The number of nitrogens with zero attached hydrogens (tertiary/aromatic N) is 3. The summed E-state index contributed by atoms with van der Waals surface area (Å²) in [6.07, 6.45) is 3.52. The molecule has 2 heterocycles. The molecule has 0 aliphatic carbocycles. The first kappa shape index (κ1) is 17.5. The van der Waals surface area contributed by atoms with Crippen molar-refractivity contribution in [1.29, 1.82) is 0 Å². The van der Waals surface area contributed by atoms with Crippen LogP contribution in [0.4, 0.5) is 0 Å². The Labute approximate surface area is 162 Å². The van der Waals surface area contributed by atoms with Crippen LogP contribution < -0.4 is 0 Å². The Morgan fingerprint density at radius 2 is 1.63 bits per heavy atom. The van der Waals surface area contributed by atoms with Gasteiger partial charge in [0.15, 0.2) is 0 Å². The molecule has 0 unspecified atom stereocenters. The number of pyridine rings is 1. The van der Waals surface area contributed by atoms with Crippen molar-refractivity contribution >= 4 is 11.6 Å². The van der Waals surface area contributed by atoms with Gasteiger partial charge in [-0.05, 0) is 42.8 Å². The van der Waals surface area contributed by atoms with Crippen molar-refractivity contribution in [2.24, 2.45) is 0 Å². The maximum absolute atomic E-state index is 9.75. The number of aliphatic hydroxyl groups is 1. The molecule has 0 bridgehead atoms. The van der Waals surface area contributed by atoms with Crippen molar-refractivity contribution in [3.63, 3.8) is 0 Å². The third-order valence-electron chi connectivity index (χ3n) is 4.59. The van der Waals surface area contributed by atoms with Crippen molar-refractivity contribution in [1.82, 2.24) is 14.8 Å². The molecule has 0 saturated carbocycles. The van der Waals surface area contributed by atoms with Crippen molar-refractivity contribution < 1.29 is 5.11 Å². The lowest BCUT2D eigenvalue weighted by molar-refractivity contribution is 0.281. The van der Waals surface area contributed by atoms with E-state index in [0.29, 0.717) is 5.02 Å². The van der Waals surface area contributed by atoms with Gasteiger partial charge in [0.05, 0.1) is 12.3 Å². The summed E-state index contributed by atoms with van der Waals surface area (Å²) < 4.78 is 1.89. The summed E-state index contributed by atoms with van der Waals surface area (Å²) in [5.74, 6) is 0. The second-order valence-corrected chi connectivity index (χ2v) is 6.69. The van der Waals surface area contributed by atoms with E-state index in [1.165, 1.54) is 0 Å². The Kier molecular flexibility index (Phi) is 4.75. The summed E-state index contributed by atoms with van der Waals surface area (Å²) in [6, 6.07) is 19.4. The fraction of sp³-hybridized carbons (Fsp3) is 0.0909. The largest absolute Gasteiger partial charge is 0.392 e. The fourth-order valence-electron chi connectivity index (χ4n) is 3.26. The van der Waals surface area contributed by atoms with Gasteiger partial charge < -0.3 is 5.11 Å². The number of hydrogen-bond donors (Lipinski definition) is 1. The summed E-state index contributed by atoms with van der Waals surface area (Å²) in [7, 11) is 0. The molecule has 0 fully saturated rings. The van der Waals surface area contributed by atoms with Crippen LogP contribution in [-0.4, -0.2) is 19.9 Å². The molecule has 27 heavy (non-hydrogen) atoms. The number of benzene rings is 2. The van der Waals surface area contributed by atoms with E-state index in [1.807, 2.05) is 72.3 Å². The highest BCUT2D eigenvalue weighted by atomic mass is 35.5. The average molecular weight is 376 g/mol. The van der Waals surface area contributed by atoms with Crippen molar-refractivity contribution in [2.45, 2.75) is 13.5 Å². The molecule has 5 heteroatoms. The van der Waals surface area contributed by atoms with Crippen LogP contribution in [0, 0.1) is 6.92 Å². The van der Waals surface area contributed by atoms with E-state index < -0.39 is 0 Å². The highest BCUT2D eigenvalue weighted by molar-refractivity contribution is 6.30. The van der Waals surface area contributed by atoms with Gasteiger partial charge in [-0.1, -0.05) is 41.9 Å². The molecule has 4 aromatic rings. The minimum Gasteiger partial charge on any atom is -0.392 e. The quantitative estimate of drug-likeness (QED) is 0.542. The Bertz CT molecular complexity index is 1070. The zero-order valence-corrected chi connectivity index (χ0v) is 15.6. The summed E-state index contributed by atoms with van der Waals surface area (Å²) in [4.78, 5) is 4.11. The number of aliphatic hydroxyl groups excluding tert-OH is 1. The molecule has 0 atom stereocenters. The van der Waals surface area contributed by atoms with E-state index >= 15 is 0 Å². The molecule has 1 N–H and O–H groups in total. The highest BCUT2D eigenvalue weighted by Crippen LogP contribution is 2.36.